The van der Waals surface area contributed by atoms with E-state index < -0.39 is 44.8 Å². The van der Waals surface area contributed by atoms with E-state index in [4.69, 9.17) is 18.5 Å². The van der Waals surface area contributed by atoms with Gasteiger partial charge >= 0.3 is 19.7 Å². The lowest BCUT2D eigenvalue weighted by Gasteiger charge is -2.45. The zero-order chi connectivity index (χ0) is 25.9. The van der Waals surface area contributed by atoms with Crippen molar-refractivity contribution in [1.29, 1.82) is 0 Å². The van der Waals surface area contributed by atoms with E-state index in [1.54, 1.807) is 12.1 Å². The van der Waals surface area contributed by atoms with Crippen molar-refractivity contribution in [3.8, 4) is 5.75 Å². The van der Waals surface area contributed by atoms with Crippen LogP contribution in [-0.2, 0) is 29.6 Å². The molecule has 4 unspecified atom stereocenters. The van der Waals surface area contributed by atoms with Gasteiger partial charge in [0, 0.05) is 38.3 Å². The predicted octanol–water partition coefficient (Wildman–Crippen LogP) is 2.47. The Bertz CT molecular complexity index is 1130. The maximum absolute atomic E-state index is 13.0. The maximum atomic E-state index is 13.0. The predicted molar refractivity (Wildman–Crippen MR) is 126 cm³/mol. The SMILES string of the molecule is C=P1(O)OC(c2ccc(OC(=O)N(C)CCOC(C)=O)cc2)OP(=O)(O)C1(O)Cc1cccnc1. The van der Waals surface area contributed by atoms with E-state index in [1.807, 2.05) is 0 Å². The van der Waals surface area contributed by atoms with Gasteiger partial charge in [-0.15, -0.1) is 0 Å². The molecule has 1 amide bonds. The van der Waals surface area contributed by atoms with Crippen molar-refractivity contribution in [3.05, 3.63) is 59.9 Å². The number of pyridine rings is 1. The second-order valence-corrected chi connectivity index (χ2v) is 12.5. The van der Waals surface area contributed by atoms with E-state index in [0.717, 1.165) is 0 Å². The Hall–Kier alpha value is -2.56. The quantitative estimate of drug-likeness (QED) is 0.357. The lowest BCUT2D eigenvalue weighted by molar-refractivity contribution is -0.141. The fraction of sp³-hybridized carbons (Fsp3) is 0.333. The van der Waals surface area contributed by atoms with E-state index in [1.165, 1.54) is 55.5 Å². The van der Waals surface area contributed by atoms with Gasteiger partial charge in [-0.2, -0.15) is 0 Å². The second kappa shape index (κ2) is 10.6. The van der Waals surface area contributed by atoms with Crippen molar-refractivity contribution >= 4 is 33.3 Å². The fourth-order valence-electron chi connectivity index (χ4n) is 3.08. The summed E-state index contributed by atoms with van der Waals surface area (Å²) in [7, 11) is -7.53. The first-order chi connectivity index (χ1) is 16.3. The van der Waals surface area contributed by atoms with Crippen molar-refractivity contribution < 1.29 is 47.6 Å². The summed E-state index contributed by atoms with van der Waals surface area (Å²) in [4.78, 5) is 49.5. The molecule has 1 fully saturated rings. The third kappa shape index (κ3) is 6.17. The largest absolute Gasteiger partial charge is 0.464 e. The first-order valence-corrected chi connectivity index (χ1v) is 13.7. The van der Waals surface area contributed by atoms with Crippen molar-refractivity contribution in [2.45, 2.75) is 24.7 Å². The molecule has 35 heavy (non-hydrogen) atoms. The number of benzene rings is 1. The highest BCUT2D eigenvalue weighted by atomic mass is 31.2. The third-order valence-electron chi connectivity index (χ3n) is 5.09. The number of amides is 1. The molecular weight excluding hydrogens is 502 g/mol. The molecule has 190 valence electrons. The molecule has 1 saturated heterocycles. The van der Waals surface area contributed by atoms with Crippen LogP contribution in [0.5, 0.6) is 5.75 Å². The highest BCUT2D eigenvalue weighted by molar-refractivity contribution is 7.78. The molecule has 3 N–H and O–H groups in total. The number of likely N-dealkylation sites (N-methyl/N-ethyl adjacent to an activating group) is 1. The average molecular weight is 528 g/mol. The van der Waals surface area contributed by atoms with Crippen LogP contribution in [0.25, 0.3) is 0 Å². The normalized spacial score (nSPS) is 28.2. The average Bonchev–Trinajstić information content (AvgIpc) is 2.78. The summed E-state index contributed by atoms with van der Waals surface area (Å²) in [5, 5.41) is 8.33. The minimum Gasteiger partial charge on any atom is -0.464 e. The highest BCUT2D eigenvalue weighted by Crippen LogP contribution is 2.78. The van der Waals surface area contributed by atoms with Gasteiger partial charge in [0.05, 0.1) is 6.54 Å². The number of hydrogen-bond donors (Lipinski definition) is 3. The van der Waals surface area contributed by atoms with Gasteiger partial charge in [0.1, 0.15) is 12.4 Å². The number of aromatic nitrogens is 1. The van der Waals surface area contributed by atoms with Crippen molar-refractivity contribution in [2.24, 2.45) is 0 Å². The van der Waals surface area contributed by atoms with Crippen molar-refractivity contribution in [2.75, 3.05) is 20.2 Å². The van der Waals surface area contributed by atoms with Gasteiger partial charge in [-0.25, -0.2) is 4.79 Å². The monoisotopic (exact) mass is 528 g/mol. The summed E-state index contributed by atoms with van der Waals surface area (Å²) in [5.41, 5.74) is 0.591. The van der Waals surface area contributed by atoms with Gasteiger partial charge in [-0.1, -0.05) is 18.2 Å². The van der Waals surface area contributed by atoms with Crippen LogP contribution >= 0.6 is 14.9 Å². The Balaban J connectivity index is 1.69. The summed E-state index contributed by atoms with van der Waals surface area (Å²) >= 11 is 0. The summed E-state index contributed by atoms with van der Waals surface area (Å²) in [6.07, 6.45) is 3.71. The molecule has 14 heteroatoms. The van der Waals surface area contributed by atoms with Crippen LogP contribution in [0.3, 0.4) is 0 Å². The van der Waals surface area contributed by atoms with Crippen LogP contribution in [0, 0.1) is 0 Å². The number of hydrogen-bond acceptors (Lipinski definition) is 10. The second-order valence-electron chi connectivity index (χ2n) is 7.78. The van der Waals surface area contributed by atoms with Gasteiger partial charge in [0.25, 0.3) is 0 Å². The molecule has 1 aliphatic heterocycles. The molecule has 0 spiro atoms. The number of esters is 1. The molecule has 2 aromatic rings. The number of aliphatic hydroxyl groups is 1. The Labute approximate surface area is 201 Å². The van der Waals surface area contributed by atoms with E-state index in [0.29, 0.717) is 5.56 Å². The van der Waals surface area contributed by atoms with E-state index in [2.05, 4.69) is 11.3 Å². The standard InChI is InChI=1S/C21H26N2O10P2/c1-15(24)30-12-11-23(2)20(25)31-18-8-6-17(7-9-18)19-32-34(3,27)21(26,35(28,29)33-19)13-16-5-4-10-22-14-16/h4-10,14,19,26-27H,3,11-13H2,1-2H3,(H,28,29). The molecule has 4 atom stereocenters. The number of ether oxygens (including phenoxy) is 2. The number of nitrogens with zero attached hydrogens (tertiary/aromatic N) is 2. The molecule has 1 aliphatic rings. The van der Waals surface area contributed by atoms with Crippen LogP contribution < -0.4 is 4.74 Å². The molecule has 0 bridgehead atoms. The number of carbonyl (C=O) groups is 2. The van der Waals surface area contributed by atoms with Gasteiger partial charge in [0.15, 0.2) is 13.6 Å². The van der Waals surface area contributed by atoms with Gasteiger partial charge in [0.2, 0.25) is 5.08 Å². The molecule has 0 radical (unpaired) electrons. The zero-order valence-electron chi connectivity index (χ0n) is 19.0. The fourth-order valence-corrected chi connectivity index (χ4v) is 7.07. The van der Waals surface area contributed by atoms with Crippen LogP contribution in [0.2, 0.25) is 0 Å². The Kier molecular flexibility index (Phi) is 8.18. The topological polar surface area (TPSA) is 165 Å². The van der Waals surface area contributed by atoms with Crippen LogP contribution in [0.15, 0.2) is 48.8 Å². The summed E-state index contributed by atoms with van der Waals surface area (Å²) in [5.74, 6) is -0.317. The van der Waals surface area contributed by atoms with E-state index >= 15 is 0 Å². The third-order valence-corrected chi connectivity index (χ3v) is 10.1. The molecular formula is C21H26N2O10P2. The van der Waals surface area contributed by atoms with Gasteiger partial charge < -0.3 is 29.3 Å². The van der Waals surface area contributed by atoms with Crippen molar-refractivity contribution in [1.82, 2.24) is 9.88 Å². The first-order valence-electron chi connectivity index (χ1n) is 10.3. The molecule has 12 nitrogen and oxygen atoms in total. The maximum Gasteiger partial charge on any atom is 0.415 e. The summed E-state index contributed by atoms with van der Waals surface area (Å²) < 4.78 is 33.7. The highest BCUT2D eigenvalue weighted by Gasteiger charge is 2.62. The number of rotatable bonds is 7. The molecule has 1 aromatic heterocycles. The summed E-state index contributed by atoms with van der Waals surface area (Å²) in [6.45, 7) is 1.40. The van der Waals surface area contributed by atoms with Crippen molar-refractivity contribution in [3.63, 3.8) is 0 Å². The molecule has 0 saturated carbocycles. The number of carbonyl (C=O) groups excluding carboxylic acids is 2. The minimum absolute atomic E-state index is 0.0155. The first kappa shape index (κ1) is 27.0. The van der Waals surface area contributed by atoms with Crippen LogP contribution in [0.1, 0.15) is 24.3 Å². The Morgan fingerprint density at radius 3 is 2.49 bits per heavy atom. The van der Waals surface area contributed by atoms with E-state index in [-0.39, 0.29) is 24.5 Å². The molecule has 1 aromatic carbocycles. The smallest absolute Gasteiger partial charge is 0.415 e. The Morgan fingerprint density at radius 1 is 1.23 bits per heavy atom. The molecule has 3 rings (SSSR count). The minimum atomic E-state index is -4.87. The van der Waals surface area contributed by atoms with Crippen LogP contribution in [-0.4, -0.2) is 68.4 Å². The van der Waals surface area contributed by atoms with Gasteiger partial charge in [-0.3, -0.25) is 23.4 Å². The lowest BCUT2D eigenvalue weighted by Crippen LogP contribution is -2.38. The Morgan fingerprint density at radius 2 is 1.91 bits per heavy atom. The van der Waals surface area contributed by atoms with Crippen LogP contribution in [0.4, 0.5) is 4.79 Å². The lowest BCUT2D eigenvalue weighted by atomic mass is 10.2. The van der Waals surface area contributed by atoms with E-state index in [9.17, 15) is 29.0 Å². The molecule has 2 heterocycles. The van der Waals surface area contributed by atoms with Gasteiger partial charge in [-0.05, 0) is 30.1 Å². The summed E-state index contributed by atoms with van der Waals surface area (Å²) in [6, 6.07) is 8.71. The zero-order valence-corrected chi connectivity index (χ0v) is 20.8. The molecule has 0 aliphatic carbocycles.